The van der Waals surface area contributed by atoms with E-state index in [0.29, 0.717) is 0 Å². The van der Waals surface area contributed by atoms with Crippen LogP contribution in [0.15, 0.2) is 78.9 Å². The van der Waals surface area contributed by atoms with Crippen molar-refractivity contribution in [3.05, 3.63) is 95.0 Å². The minimum atomic E-state index is -0.0672. The van der Waals surface area contributed by atoms with Crippen LogP contribution in [-0.4, -0.2) is 10.2 Å². The van der Waals surface area contributed by atoms with Gasteiger partial charge in [-0.05, 0) is 35.4 Å². The number of nitrogens with one attached hydrogen (secondary N) is 3. The molecule has 0 amide bonds. The van der Waals surface area contributed by atoms with E-state index >= 15 is 0 Å². The third-order valence-corrected chi connectivity index (χ3v) is 5.09. The molecule has 1 aliphatic heterocycles. The third-order valence-electron chi connectivity index (χ3n) is 4.84. The number of nitrogens with zero attached hydrogens (tertiary/aromatic N) is 1. The minimum Gasteiger partial charge on any atom is -0.372 e. The van der Waals surface area contributed by atoms with Gasteiger partial charge in [0.15, 0.2) is 5.82 Å². The smallest absolute Gasteiger partial charge is 0.158 e. The minimum absolute atomic E-state index is 0.0672. The maximum absolute atomic E-state index is 6.12. The van der Waals surface area contributed by atoms with Crippen LogP contribution in [0.1, 0.15) is 17.2 Å². The second-order valence-corrected chi connectivity index (χ2v) is 6.96. The summed E-state index contributed by atoms with van der Waals surface area (Å²) in [6.45, 7) is 0. The van der Waals surface area contributed by atoms with E-state index in [2.05, 4.69) is 51.2 Å². The predicted octanol–water partition coefficient (Wildman–Crippen LogP) is 5.99. The molecule has 0 bridgehead atoms. The Bertz CT molecular complexity index is 1090. The van der Waals surface area contributed by atoms with Crippen molar-refractivity contribution in [1.82, 2.24) is 10.2 Å². The maximum Gasteiger partial charge on any atom is 0.158 e. The largest absolute Gasteiger partial charge is 0.372 e. The zero-order valence-electron chi connectivity index (χ0n) is 14.4. The summed E-state index contributed by atoms with van der Waals surface area (Å²) >= 11 is 6.12. The van der Waals surface area contributed by atoms with Crippen molar-refractivity contribution in [1.29, 1.82) is 0 Å². The molecule has 4 nitrogen and oxygen atoms in total. The van der Waals surface area contributed by atoms with Crippen LogP contribution in [0.25, 0.3) is 11.3 Å². The molecule has 5 rings (SSSR count). The summed E-state index contributed by atoms with van der Waals surface area (Å²) in [4.78, 5) is 0. The van der Waals surface area contributed by atoms with Crippen molar-refractivity contribution in [2.75, 3.05) is 10.6 Å². The van der Waals surface area contributed by atoms with Gasteiger partial charge in [0.1, 0.15) is 0 Å². The van der Waals surface area contributed by atoms with Crippen LogP contribution in [0.4, 0.5) is 17.2 Å². The highest BCUT2D eigenvalue weighted by Gasteiger charge is 2.28. The van der Waals surface area contributed by atoms with Crippen molar-refractivity contribution < 1.29 is 0 Å². The van der Waals surface area contributed by atoms with E-state index in [1.54, 1.807) is 0 Å². The summed E-state index contributed by atoms with van der Waals surface area (Å²) < 4.78 is 0. The van der Waals surface area contributed by atoms with Gasteiger partial charge in [0.25, 0.3) is 0 Å². The van der Waals surface area contributed by atoms with Gasteiger partial charge in [0.2, 0.25) is 0 Å². The van der Waals surface area contributed by atoms with Gasteiger partial charge < -0.3 is 10.6 Å². The van der Waals surface area contributed by atoms with Gasteiger partial charge in [0, 0.05) is 10.6 Å². The number of fused-ring (bicyclic) bond motifs is 2. The van der Waals surface area contributed by atoms with Gasteiger partial charge in [-0.1, -0.05) is 66.2 Å². The predicted molar refractivity (Wildman–Crippen MR) is 111 cm³/mol. The Hall–Kier alpha value is -3.24. The highest BCUT2D eigenvalue weighted by molar-refractivity contribution is 6.30. The molecule has 0 saturated heterocycles. The maximum atomic E-state index is 6.12. The van der Waals surface area contributed by atoms with E-state index in [1.165, 1.54) is 0 Å². The Balaban J connectivity index is 1.72. The van der Waals surface area contributed by atoms with Gasteiger partial charge >= 0.3 is 0 Å². The van der Waals surface area contributed by atoms with Gasteiger partial charge in [-0.15, -0.1) is 0 Å². The molecule has 3 aromatic carbocycles. The van der Waals surface area contributed by atoms with Gasteiger partial charge in [-0.2, -0.15) is 5.10 Å². The van der Waals surface area contributed by atoms with Crippen LogP contribution in [0, 0.1) is 0 Å². The number of aromatic nitrogens is 2. The van der Waals surface area contributed by atoms with E-state index < -0.39 is 0 Å². The highest BCUT2D eigenvalue weighted by atomic mass is 35.5. The Kier molecular flexibility index (Phi) is 3.84. The van der Waals surface area contributed by atoms with Crippen molar-refractivity contribution in [3.63, 3.8) is 0 Å². The summed E-state index contributed by atoms with van der Waals surface area (Å²) in [6, 6.07) is 26.3. The summed E-state index contributed by atoms with van der Waals surface area (Å²) in [5.41, 5.74) is 6.34. The number of rotatable bonds is 2. The number of hydrogen-bond acceptors (Lipinski definition) is 3. The Morgan fingerprint density at radius 1 is 0.778 bits per heavy atom. The molecule has 27 heavy (non-hydrogen) atoms. The number of anilines is 3. The number of para-hydroxylation sites is 2. The van der Waals surface area contributed by atoms with E-state index in [-0.39, 0.29) is 6.04 Å². The topological polar surface area (TPSA) is 52.7 Å². The summed E-state index contributed by atoms with van der Waals surface area (Å²) in [5.74, 6) is 0.825. The molecule has 1 unspecified atom stereocenters. The normalized spacial score (nSPS) is 15.1. The van der Waals surface area contributed by atoms with Crippen LogP contribution < -0.4 is 10.6 Å². The molecular formula is C22H17ClN4. The first-order valence-electron chi connectivity index (χ1n) is 8.81. The molecule has 1 aromatic heterocycles. The van der Waals surface area contributed by atoms with Crippen molar-refractivity contribution in [3.8, 4) is 11.3 Å². The van der Waals surface area contributed by atoms with E-state index in [4.69, 9.17) is 11.6 Å². The van der Waals surface area contributed by atoms with Crippen molar-refractivity contribution in [2.24, 2.45) is 0 Å². The first kappa shape index (κ1) is 16.0. The van der Waals surface area contributed by atoms with Crippen LogP contribution in [0.2, 0.25) is 5.02 Å². The first-order valence-corrected chi connectivity index (χ1v) is 9.19. The molecule has 3 N–H and O–H groups in total. The van der Waals surface area contributed by atoms with Crippen LogP contribution in [0.3, 0.4) is 0 Å². The summed E-state index contributed by atoms with van der Waals surface area (Å²) in [6.07, 6.45) is 0. The number of benzene rings is 3. The van der Waals surface area contributed by atoms with Gasteiger partial charge in [-0.3, -0.25) is 5.10 Å². The first-order chi connectivity index (χ1) is 13.3. The lowest BCUT2D eigenvalue weighted by Crippen LogP contribution is -2.12. The standard InChI is InChI=1S/C22H17ClN4/c23-16-12-10-15(11-13-16)20-19-21(14-6-2-1-3-7-14)26-27-22(19)25-18-9-5-4-8-17(18)24-20/h1-13,20,24H,(H2,25,26,27). The number of halogens is 1. The number of hydrogen-bond donors (Lipinski definition) is 3. The summed E-state index contributed by atoms with van der Waals surface area (Å²) in [5, 5.41) is 15.7. The number of aromatic amines is 1. The lowest BCUT2D eigenvalue weighted by molar-refractivity contribution is 0.953. The van der Waals surface area contributed by atoms with Crippen molar-refractivity contribution >= 4 is 28.8 Å². The zero-order valence-corrected chi connectivity index (χ0v) is 15.2. The molecule has 1 aliphatic rings. The Labute approximate surface area is 162 Å². The molecule has 0 saturated carbocycles. The van der Waals surface area contributed by atoms with Crippen LogP contribution in [-0.2, 0) is 0 Å². The van der Waals surface area contributed by atoms with E-state index in [0.717, 1.165) is 44.6 Å². The molecule has 2 heterocycles. The fraction of sp³-hybridized carbons (Fsp3) is 0.0455. The molecule has 0 fully saturated rings. The van der Waals surface area contributed by atoms with E-state index in [9.17, 15) is 0 Å². The van der Waals surface area contributed by atoms with Gasteiger partial charge in [-0.25, -0.2) is 0 Å². The summed E-state index contributed by atoms with van der Waals surface area (Å²) in [7, 11) is 0. The molecule has 0 radical (unpaired) electrons. The highest BCUT2D eigenvalue weighted by Crippen LogP contribution is 2.43. The third kappa shape index (κ3) is 2.84. The van der Waals surface area contributed by atoms with E-state index in [1.807, 2.05) is 48.5 Å². The molecule has 5 heteroatoms. The van der Waals surface area contributed by atoms with Gasteiger partial charge in [0.05, 0.1) is 23.1 Å². The molecule has 0 aliphatic carbocycles. The van der Waals surface area contributed by atoms with Crippen molar-refractivity contribution in [2.45, 2.75) is 6.04 Å². The molecule has 4 aromatic rings. The quantitative estimate of drug-likeness (QED) is 0.405. The van der Waals surface area contributed by atoms with Crippen LogP contribution in [0.5, 0.6) is 0 Å². The monoisotopic (exact) mass is 372 g/mol. The average molecular weight is 373 g/mol. The Morgan fingerprint density at radius 3 is 2.26 bits per heavy atom. The van der Waals surface area contributed by atoms with Crippen LogP contribution >= 0.6 is 11.6 Å². The molecule has 132 valence electrons. The lowest BCUT2D eigenvalue weighted by Gasteiger charge is -2.20. The second-order valence-electron chi connectivity index (χ2n) is 6.53. The SMILES string of the molecule is Clc1ccc(C2Nc3ccccc3Nc3n[nH]c(-c4ccccc4)c32)cc1. The fourth-order valence-electron chi connectivity index (χ4n) is 3.53. The number of H-pyrrole nitrogens is 1. The fourth-order valence-corrected chi connectivity index (χ4v) is 3.66. The molecule has 0 spiro atoms. The Morgan fingerprint density at radius 2 is 1.48 bits per heavy atom. The lowest BCUT2D eigenvalue weighted by atomic mass is 9.95. The average Bonchev–Trinajstić information content (AvgIpc) is 3.04. The molecular weight excluding hydrogens is 356 g/mol. The zero-order chi connectivity index (χ0) is 18.2. The second kappa shape index (κ2) is 6.49. The molecule has 1 atom stereocenters.